The number of carbonyl (C=O) groups is 3. The van der Waals surface area contributed by atoms with Gasteiger partial charge in [-0.3, -0.25) is 10.1 Å². The molecule has 0 unspecified atom stereocenters. The summed E-state index contributed by atoms with van der Waals surface area (Å²) in [5.41, 5.74) is 0.821. The average molecular weight is 355 g/mol. The molecule has 21 heavy (non-hydrogen) atoms. The van der Waals surface area contributed by atoms with E-state index >= 15 is 0 Å². The third kappa shape index (κ3) is 7.26. The van der Waals surface area contributed by atoms with Crippen LogP contribution in [0.2, 0.25) is 0 Å². The molecule has 0 aliphatic carbocycles. The van der Waals surface area contributed by atoms with Gasteiger partial charge in [0.1, 0.15) is 0 Å². The molecule has 0 atom stereocenters. The molecule has 0 aliphatic heterocycles. The molecule has 112 valence electrons. The van der Waals surface area contributed by atoms with Crippen LogP contribution in [-0.2, 0) is 14.3 Å². The molecule has 0 aromatic heterocycles. The third-order valence-corrected chi connectivity index (χ3v) is 2.75. The van der Waals surface area contributed by atoms with E-state index in [-0.39, 0.29) is 0 Å². The fourth-order valence-electron chi connectivity index (χ4n) is 1.29. The van der Waals surface area contributed by atoms with Crippen molar-refractivity contribution < 1.29 is 19.1 Å². The molecule has 0 saturated carbocycles. The second-order valence-electron chi connectivity index (χ2n) is 3.90. The van der Waals surface area contributed by atoms with Crippen molar-refractivity contribution in [1.82, 2.24) is 10.6 Å². The number of urea groups is 1. The van der Waals surface area contributed by atoms with Gasteiger partial charge in [0.25, 0.3) is 5.91 Å². The third-order valence-electron chi connectivity index (χ3n) is 2.22. The number of esters is 1. The first-order valence-electron chi connectivity index (χ1n) is 6.19. The molecule has 3 amide bonds. The van der Waals surface area contributed by atoms with Crippen LogP contribution in [0.4, 0.5) is 4.79 Å². The van der Waals surface area contributed by atoms with Gasteiger partial charge >= 0.3 is 12.0 Å². The van der Waals surface area contributed by atoms with Gasteiger partial charge in [0, 0.05) is 17.1 Å². The predicted octanol–water partition coefficient (Wildman–Crippen LogP) is 1.85. The zero-order valence-electron chi connectivity index (χ0n) is 11.4. The van der Waals surface area contributed by atoms with Crippen molar-refractivity contribution in [2.45, 2.75) is 6.92 Å². The van der Waals surface area contributed by atoms with Gasteiger partial charge in [0.2, 0.25) is 0 Å². The number of halogens is 1. The van der Waals surface area contributed by atoms with Crippen LogP contribution >= 0.6 is 15.9 Å². The number of rotatable bonds is 5. The van der Waals surface area contributed by atoms with E-state index < -0.39 is 24.5 Å². The molecular formula is C14H15BrN2O4. The Morgan fingerprint density at radius 1 is 1.24 bits per heavy atom. The van der Waals surface area contributed by atoms with Gasteiger partial charge in [-0.2, -0.15) is 0 Å². The highest BCUT2D eigenvalue weighted by molar-refractivity contribution is 9.10. The Kier molecular flexibility index (Phi) is 7.17. The molecular weight excluding hydrogens is 340 g/mol. The summed E-state index contributed by atoms with van der Waals surface area (Å²) in [6.07, 6.45) is 2.78. The van der Waals surface area contributed by atoms with E-state index in [0.29, 0.717) is 6.54 Å². The summed E-state index contributed by atoms with van der Waals surface area (Å²) in [5.74, 6) is -1.35. The van der Waals surface area contributed by atoms with E-state index in [2.05, 4.69) is 21.2 Å². The molecule has 0 aliphatic rings. The minimum atomic E-state index is -0.689. The number of nitrogens with one attached hydrogen (secondary N) is 2. The van der Waals surface area contributed by atoms with Gasteiger partial charge in [0.05, 0.1) is 0 Å². The van der Waals surface area contributed by atoms with Crippen molar-refractivity contribution in [3.8, 4) is 0 Å². The number of ether oxygens (including phenoxy) is 1. The molecule has 0 bridgehead atoms. The van der Waals surface area contributed by atoms with Crippen LogP contribution in [-0.4, -0.2) is 31.1 Å². The summed E-state index contributed by atoms with van der Waals surface area (Å²) < 4.78 is 5.64. The molecule has 0 saturated heterocycles. The Balaban J connectivity index is 2.35. The Hall–Kier alpha value is -2.15. The molecule has 1 aromatic carbocycles. The van der Waals surface area contributed by atoms with Gasteiger partial charge < -0.3 is 10.1 Å². The number of benzene rings is 1. The van der Waals surface area contributed by atoms with Crippen LogP contribution in [0.15, 0.2) is 34.8 Å². The average Bonchev–Trinajstić information content (AvgIpc) is 2.44. The van der Waals surface area contributed by atoms with Crippen LogP contribution in [0.3, 0.4) is 0 Å². The molecule has 6 nitrogen and oxygen atoms in total. The molecule has 1 aromatic rings. The van der Waals surface area contributed by atoms with Gasteiger partial charge in [-0.05, 0) is 30.7 Å². The lowest BCUT2D eigenvalue weighted by Crippen LogP contribution is -2.41. The summed E-state index contributed by atoms with van der Waals surface area (Å²) in [6.45, 7) is 1.60. The summed E-state index contributed by atoms with van der Waals surface area (Å²) in [7, 11) is 0. The Labute approximate surface area is 130 Å². The largest absolute Gasteiger partial charge is 0.452 e. The van der Waals surface area contributed by atoms with Gasteiger partial charge in [-0.1, -0.05) is 28.1 Å². The first-order chi connectivity index (χ1) is 10.0. The van der Waals surface area contributed by atoms with Gasteiger partial charge in [-0.25, -0.2) is 9.59 Å². The number of hydrogen-bond donors (Lipinski definition) is 2. The maximum absolute atomic E-state index is 11.4. The highest BCUT2D eigenvalue weighted by Crippen LogP contribution is 2.11. The highest BCUT2D eigenvalue weighted by Gasteiger charge is 2.08. The minimum Gasteiger partial charge on any atom is -0.452 e. The van der Waals surface area contributed by atoms with Crippen LogP contribution in [0.1, 0.15) is 12.5 Å². The van der Waals surface area contributed by atoms with E-state index in [4.69, 9.17) is 4.74 Å². The Bertz CT molecular complexity index is 540. The Morgan fingerprint density at radius 2 is 1.90 bits per heavy atom. The molecule has 0 fully saturated rings. The normalized spacial score (nSPS) is 10.2. The Morgan fingerprint density at radius 3 is 2.52 bits per heavy atom. The van der Waals surface area contributed by atoms with Gasteiger partial charge in [0.15, 0.2) is 6.61 Å². The zero-order chi connectivity index (χ0) is 15.7. The van der Waals surface area contributed by atoms with E-state index in [1.165, 1.54) is 6.08 Å². The summed E-state index contributed by atoms with van der Waals surface area (Å²) in [4.78, 5) is 33.7. The maximum Gasteiger partial charge on any atom is 0.331 e. The van der Waals surface area contributed by atoms with Crippen molar-refractivity contribution in [2.24, 2.45) is 0 Å². The quantitative estimate of drug-likeness (QED) is 0.624. The van der Waals surface area contributed by atoms with Crippen LogP contribution in [0.25, 0.3) is 6.08 Å². The predicted molar refractivity (Wildman–Crippen MR) is 81.4 cm³/mol. The molecule has 0 heterocycles. The number of imide groups is 1. The maximum atomic E-state index is 11.4. The number of carbonyl (C=O) groups excluding carboxylic acids is 3. The van der Waals surface area contributed by atoms with Crippen molar-refractivity contribution in [2.75, 3.05) is 13.2 Å². The van der Waals surface area contributed by atoms with E-state index in [0.717, 1.165) is 10.0 Å². The molecule has 2 N–H and O–H groups in total. The first kappa shape index (κ1) is 16.9. The fraction of sp³-hybridized carbons (Fsp3) is 0.214. The number of amides is 3. The topological polar surface area (TPSA) is 84.5 Å². The van der Waals surface area contributed by atoms with E-state index in [1.54, 1.807) is 13.0 Å². The summed E-state index contributed by atoms with van der Waals surface area (Å²) >= 11 is 3.30. The van der Waals surface area contributed by atoms with E-state index in [1.807, 2.05) is 29.6 Å². The van der Waals surface area contributed by atoms with Crippen molar-refractivity contribution in [1.29, 1.82) is 0 Å². The lowest BCUT2D eigenvalue weighted by Gasteiger charge is -2.04. The molecule has 0 radical (unpaired) electrons. The monoisotopic (exact) mass is 354 g/mol. The van der Waals surface area contributed by atoms with Crippen molar-refractivity contribution in [3.05, 3.63) is 40.4 Å². The van der Waals surface area contributed by atoms with E-state index in [9.17, 15) is 14.4 Å². The van der Waals surface area contributed by atoms with Crippen LogP contribution in [0.5, 0.6) is 0 Å². The van der Waals surface area contributed by atoms with Crippen LogP contribution in [0, 0.1) is 0 Å². The lowest BCUT2D eigenvalue weighted by molar-refractivity contribution is -0.143. The lowest BCUT2D eigenvalue weighted by atomic mass is 10.2. The standard InChI is InChI=1S/C14H15BrN2O4/c1-2-16-14(20)17-12(18)9-21-13(19)8-5-10-3-6-11(15)7-4-10/h3-8H,2,9H2,1H3,(H2,16,17,18,20)/b8-5+. The van der Waals surface area contributed by atoms with Gasteiger partial charge in [-0.15, -0.1) is 0 Å². The highest BCUT2D eigenvalue weighted by atomic mass is 79.9. The smallest absolute Gasteiger partial charge is 0.331 e. The molecule has 0 spiro atoms. The summed E-state index contributed by atoms with van der Waals surface area (Å²) in [5, 5.41) is 4.41. The second kappa shape index (κ2) is 8.91. The second-order valence-corrected chi connectivity index (χ2v) is 4.82. The fourth-order valence-corrected chi connectivity index (χ4v) is 1.55. The van der Waals surface area contributed by atoms with Crippen molar-refractivity contribution in [3.63, 3.8) is 0 Å². The van der Waals surface area contributed by atoms with Crippen LogP contribution < -0.4 is 10.6 Å². The minimum absolute atomic E-state index is 0.398. The zero-order valence-corrected chi connectivity index (χ0v) is 13.0. The molecule has 1 rings (SSSR count). The SMILES string of the molecule is CCNC(=O)NC(=O)COC(=O)/C=C/c1ccc(Br)cc1. The van der Waals surface area contributed by atoms with Crippen molar-refractivity contribution >= 4 is 39.9 Å². The number of hydrogen-bond acceptors (Lipinski definition) is 4. The summed E-state index contributed by atoms with van der Waals surface area (Å²) in [6, 6.07) is 6.69. The first-order valence-corrected chi connectivity index (χ1v) is 6.98. The molecule has 7 heteroatoms.